The van der Waals surface area contributed by atoms with Gasteiger partial charge in [0.25, 0.3) is 5.91 Å². The first-order chi connectivity index (χ1) is 9.78. The van der Waals surface area contributed by atoms with Gasteiger partial charge in [-0.05, 0) is 36.0 Å². The van der Waals surface area contributed by atoms with E-state index in [1.807, 2.05) is 24.3 Å². The molecule has 0 aromatic carbocycles. The van der Waals surface area contributed by atoms with Crippen molar-refractivity contribution in [1.82, 2.24) is 10.4 Å². The molecule has 0 aliphatic rings. The lowest BCUT2D eigenvalue weighted by atomic mass is 10.5. The van der Waals surface area contributed by atoms with E-state index in [1.54, 1.807) is 12.3 Å². The van der Waals surface area contributed by atoms with Crippen molar-refractivity contribution in [3.8, 4) is 0 Å². The van der Waals surface area contributed by atoms with E-state index >= 15 is 0 Å². The summed E-state index contributed by atoms with van der Waals surface area (Å²) in [5, 5.41) is 5.31. The summed E-state index contributed by atoms with van der Waals surface area (Å²) in [6, 6.07) is 9.24. The third kappa shape index (κ3) is 4.52. The smallest absolute Gasteiger partial charge is 0.266 e. The third-order valence-electron chi connectivity index (χ3n) is 2.10. The molecule has 2 heterocycles. The van der Waals surface area contributed by atoms with Gasteiger partial charge in [-0.1, -0.05) is 6.07 Å². The van der Waals surface area contributed by atoms with Gasteiger partial charge in [0.2, 0.25) is 0 Å². The first kappa shape index (κ1) is 14.3. The molecule has 104 valence electrons. The summed E-state index contributed by atoms with van der Waals surface area (Å²) in [5.74, 6) is 0.222. The van der Waals surface area contributed by atoms with Crippen molar-refractivity contribution in [3.63, 3.8) is 0 Å². The zero-order chi connectivity index (χ0) is 14.2. The molecule has 1 N–H and O–H groups in total. The second-order valence-electron chi connectivity index (χ2n) is 3.65. The van der Waals surface area contributed by atoms with E-state index < -0.39 is 0 Å². The molecule has 6 nitrogen and oxygen atoms in total. The number of amides is 1. The molecule has 2 aromatic rings. The van der Waals surface area contributed by atoms with Crippen molar-refractivity contribution in [2.75, 3.05) is 13.7 Å². The zero-order valence-electron chi connectivity index (χ0n) is 10.8. The number of nitrogens with one attached hydrogen (secondary N) is 1. The lowest BCUT2D eigenvalue weighted by Gasteiger charge is -1.96. The minimum absolute atomic E-state index is 0.0315. The van der Waals surface area contributed by atoms with Crippen molar-refractivity contribution in [2.45, 2.75) is 10.1 Å². The molecule has 2 aromatic heterocycles. The van der Waals surface area contributed by atoms with Crippen LogP contribution in [0.1, 0.15) is 5.76 Å². The number of hydrogen-bond donors (Lipinski definition) is 1. The Labute approximate surface area is 120 Å². The highest BCUT2D eigenvalue weighted by Gasteiger charge is 2.03. The van der Waals surface area contributed by atoms with Crippen LogP contribution in [0.2, 0.25) is 0 Å². The highest BCUT2D eigenvalue weighted by Crippen LogP contribution is 2.26. The van der Waals surface area contributed by atoms with E-state index in [2.05, 4.69) is 20.2 Å². The molecule has 0 aliphatic heterocycles. The van der Waals surface area contributed by atoms with Crippen LogP contribution in [0.5, 0.6) is 0 Å². The minimum atomic E-state index is -0.321. The second kappa shape index (κ2) is 7.46. The number of pyridine rings is 1. The predicted octanol–water partition coefficient (Wildman–Crippen LogP) is 1.92. The molecule has 0 radical (unpaired) electrons. The predicted molar refractivity (Wildman–Crippen MR) is 74.7 cm³/mol. The Balaban J connectivity index is 1.89. The molecule has 0 spiro atoms. The van der Waals surface area contributed by atoms with Gasteiger partial charge in [-0.25, -0.2) is 10.4 Å². The number of ether oxygens (including phenoxy) is 1. The van der Waals surface area contributed by atoms with E-state index in [4.69, 9.17) is 4.42 Å². The van der Waals surface area contributed by atoms with Crippen LogP contribution in [-0.2, 0) is 9.53 Å². The largest absolute Gasteiger partial charge is 0.448 e. The van der Waals surface area contributed by atoms with Crippen LogP contribution in [0.15, 0.2) is 56.2 Å². The highest BCUT2D eigenvalue weighted by molar-refractivity contribution is 7.99. The maximum absolute atomic E-state index is 11.1. The van der Waals surface area contributed by atoms with Crippen molar-refractivity contribution in [3.05, 3.63) is 42.3 Å². The third-order valence-corrected chi connectivity index (χ3v) is 2.97. The van der Waals surface area contributed by atoms with Crippen molar-refractivity contribution < 1.29 is 13.9 Å². The maximum atomic E-state index is 11.1. The molecule has 0 bridgehead atoms. The van der Waals surface area contributed by atoms with E-state index in [1.165, 1.54) is 25.1 Å². The number of carbonyl (C=O) groups is 1. The van der Waals surface area contributed by atoms with Crippen molar-refractivity contribution >= 4 is 23.9 Å². The van der Waals surface area contributed by atoms with E-state index in [9.17, 15) is 4.79 Å². The molecule has 0 saturated heterocycles. The van der Waals surface area contributed by atoms with Crippen LogP contribution in [0.25, 0.3) is 0 Å². The van der Waals surface area contributed by atoms with Gasteiger partial charge in [-0.3, -0.25) is 4.79 Å². The quantitative estimate of drug-likeness (QED) is 0.650. The molecule has 0 atom stereocenters. The maximum Gasteiger partial charge on any atom is 0.266 e. The number of nitrogens with zero attached hydrogens (tertiary/aromatic N) is 2. The van der Waals surface area contributed by atoms with Crippen LogP contribution in [0, 0.1) is 0 Å². The number of rotatable bonds is 6. The molecule has 0 fully saturated rings. The van der Waals surface area contributed by atoms with Crippen molar-refractivity contribution in [2.24, 2.45) is 5.10 Å². The van der Waals surface area contributed by atoms with Crippen LogP contribution in [0.3, 0.4) is 0 Å². The summed E-state index contributed by atoms with van der Waals surface area (Å²) >= 11 is 1.41. The Kier molecular flexibility index (Phi) is 5.33. The summed E-state index contributed by atoms with van der Waals surface area (Å²) in [4.78, 5) is 15.3. The molecular weight excluding hydrogens is 278 g/mol. The second-order valence-corrected chi connectivity index (χ2v) is 4.68. The summed E-state index contributed by atoms with van der Waals surface area (Å²) in [7, 11) is 1.44. The first-order valence-corrected chi connectivity index (χ1v) is 6.59. The Morgan fingerprint density at radius 2 is 2.40 bits per heavy atom. The molecule has 0 aliphatic carbocycles. The standard InChI is InChI=1S/C13H13N3O3S/c1-18-9-11(17)16-15-8-10-5-6-13(19-10)20-12-4-2-3-7-14-12/h2-8H,9H2,1H3,(H,16,17)/b15-8-. The van der Waals surface area contributed by atoms with E-state index in [0.29, 0.717) is 10.9 Å². The van der Waals surface area contributed by atoms with Gasteiger partial charge in [0.1, 0.15) is 17.4 Å². The van der Waals surface area contributed by atoms with Gasteiger partial charge in [0, 0.05) is 13.3 Å². The fraction of sp³-hybridized carbons (Fsp3) is 0.154. The SMILES string of the molecule is COCC(=O)N/N=C\c1ccc(Sc2ccccn2)o1. The monoisotopic (exact) mass is 291 g/mol. The van der Waals surface area contributed by atoms with Crippen LogP contribution >= 0.6 is 11.8 Å². The topological polar surface area (TPSA) is 76.7 Å². The number of hydrogen-bond acceptors (Lipinski definition) is 6. The normalized spacial score (nSPS) is 10.8. The number of furan rings is 1. The Hall–Kier alpha value is -2.12. The number of hydrazone groups is 1. The molecule has 2 rings (SSSR count). The minimum Gasteiger partial charge on any atom is -0.448 e. The van der Waals surface area contributed by atoms with Crippen LogP contribution in [-0.4, -0.2) is 30.8 Å². The fourth-order valence-electron chi connectivity index (χ4n) is 1.30. The molecular formula is C13H13N3O3S. The molecule has 0 saturated carbocycles. The molecule has 20 heavy (non-hydrogen) atoms. The zero-order valence-corrected chi connectivity index (χ0v) is 11.6. The Morgan fingerprint density at radius 3 is 3.15 bits per heavy atom. The number of aromatic nitrogens is 1. The Morgan fingerprint density at radius 1 is 1.50 bits per heavy atom. The van der Waals surface area contributed by atoms with Gasteiger partial charge in [-0.2, -0.15) is 5.10 Å². The van der Waals surface area contributed by atoms with Gasteiger partial charge in [-0.15, -0.1) is 0 Å². The van der Waals surface area contributed by atoms with Gasteiger partial charge < -0.3 is 9.15 Å². The lowest BCUT2D eigenvalue weighted by molar-refractivity contribution is -0.124. The van der Waals surface area contributed by atoms with Gasteiger partial charge in [0.05, 0.1) is 6.21 Å². The van der Waals surface area contributed by atoms with Crippen molar-refractivity contribution in [1.29, 1.82) is 0 Å². The lowest BCUT2D eigenvalue weighted by Crippen LogP contribution is -2.22. The van der Waals surface area contributed by atoms with Crippen LogP contribution in [0.4, 0.5) is 0 Å². The van der Waals surface area contributed by atoms with Crippen LogP contribution < -0.4 is 5.43 Å². The number of carbonyl (C=O) groups excluding carboxylic acids is 1. The molecule has 7 heteroatoms. The highest BCUT2D eigenvalue weighted by atomic mass is 32.2. The molecule has 0 unspecified atom stereocenters. The first-order valence-electron chi connectivity index (χ1n) is 5.77. The van der Waals surface area contributed by atoms with E-state index in [0.717, 1.165) is 5.03 Å². The fourth-order valence-corrected chi connectivity index (χ4v) is 2.04. The Bertz CT molecular complexity index is 584. The van der Waals surface area contributed by atoms with Gasteiger partial charge >= 0.3 is 0 Å². The van der Waals surface area contributed by atoms with Gasteiger partial charge in [0.15, 0.2) is 5.09 Å². The van der Waals surface area contributed by atoms with E-state index in [-0.39, 0.29) is 12.5 Å². The molecule has 1 amide bonds. The average Bonchev–Trinajstić information content (AvgIpc) is 2.88. The summed E-state index contributed by atoms with van der Waals surface area (Å²) in [6.07, 6.45) is 3.15. The summed E-state index contributed by atoms with van der Waals surface area (Å²) < 4.78 is 10.2. The summed E-state index contributed by atoms with van der Waals surface area (Å²) in [6.45, 7) is -0.0315. The summed E-state index contributed by atoms with van der Waals surface area (Å²) in [5.41, 5.74) is 2.32. The average molecular weight is 291 g/mol. The number of methoxy groups -OCH3 is 1.